The molecule has 1 atom stereocenters. The van der Waals surface area contributed by atoms with Crippen LogP contribution in [-0.4, -0.2) is 31.1 Å². The van der Waals surface area contributed by atoms with Gasteiger partial charge in [-0.15, -0.1) is 0 Å². The molecule has 194 valence electrons. The third-order valence-electron chi connectivity index (χ3n) is 6.42. The molecule has 0 spiro atoms. The highest BCUT2D eigenvalue weighted by Gasteiger charge is 2.45. The number of aliphatic hydroxyl groups is 1. The summed E-state index contributed by atoms with van der Waals surface area (Å²) in [4.78, 5) is 12.9. The van der Waals surface area contributed by atoms with Gasteiger partial charge in [0, 0.05) is 6.04 Å². The molecular weight excluding hydrogens is 495 g/mol. The predicted octanol–water partition coefficient (Wildman–Crippen LogP) is 4.06. The van der Waals surface area contributed by atoms with Crippen molar-refractivity contribution in [2.24, 2.45) is 5.41 Å². The Labute approximate surface area is 208 Å². The van der Waals surface area contributed by atoms with Crippen LogP contribution in [0.25, 0.3) is 0 Å². The standard InChI is InChI=1S/C25H28F3N3O4S/c1-23(2,33)21(17-6-4-3-5-7-17)30-22(32)24(16-29)14-12-19(13-15-24)31-36(34,35)20-10-8-18(9-11-20)25(26,27)28/h3-11,19,21,31,33H,12-15H2,1-2H3,(H,30,32)/t19?,21-,24?/m0/s1. The van der Waals surface area contributed by atoms with Gasteiger partial charge in [-0.2, -0.15) is 18.4 Å². The number of nitrogens with one attached hydrogen (secondary N) is 2. The van der Waals surface area contributed by atoms with E-state index in [1.165, 1.54) is 0 Å². The predicted molar refractivity (Wildman–Crippen MR) is 126 cm³/mol. The normalized spacial score (nSPS) is 21.9. The number of alkyl halides is 3. The van der Waals surface area contributed by atoms with Gasteiger partial charge in [0.05, 0.1) is 28.2 Å². The fourth-order valence-electron chi connectivity index (χ4n) is 4.31. The molecule has 1 amide bonds. The minimum Gasteiger partial charge on any atom is -0.388 e. The van der Waals surface area contributed by atoms with Gasteiger partial charge in [0.1, 0.15) is 5.41 Å². The number of hydrogen-bond acceptors (Lipinski definition) is 5. The van der Waals surface area contributed by atoms with Crippen LogP contribution in [0.1, 0.15) is 56.7 Å². The van der Waals surface area contributed by atoms with Gasteiger partial charge in [0.2, 0.25) is 15.9 Å². The molecule has 2 aromatic rings. The first-order valence-corrected chi connectivity index (χ1v) is 12.9. The van der Waals surface area contributed by atoms with Crippen LogP contribution < -0.4 is 10.0 Å². The molecule has 1 aliphatic rings. The van der Waals surface area contributed by atoms with Crippen LogP contribution in [0.5, 0.6) is 0 Å². The summed E-state index contributed by atoms with van der Waals surface area (Å²) >= 11 is 0. The maximum Gasteiger partial charge on any atom is 0.416 e. The molecule has 0 saturated heterocycles. The smallest absolute Gasteiger partial charge is 0.388 e. The van der Waals surface area contributed by atoms with Crippen LogP contribution in [0, 0.1) is 16.7 Å². The first-order chi connectivity index (χ1) is 16.7. The van der Waals surface area contributed by atoms with Gasteiger partial charge in [0.25, 0.3) is 0 Å². The van der Waals surface area contributed by atoms with Crippen molar-refractivity contribution in [3.05, 3.63) is 65.7 Å². The number of nitriles is 1. The number of sulfonamides is 1. The monoisotopic (exact) mass is 523 g/mol. The summed E-state index contributed by atoms with van der Waals surface area (Å²) in [6.07, 6.45) is -4.07. The highest BCUT2D eigenvalue weighted by molar-refractivity contribution is 7.89. The molecule has 1 fully saturated rings. The lowest BCUT2D eigenvalue weighted by Gasteiger charge is -2.37. The zero-order valence-electron chi connectivity index (χ0n) is 19.8. The van der Waals surface area contributed by atoms with Gasteiger partial charge >= 0.3 is 6.18 Å². The molecule has 0 bridgehead atoms. The van der Waals surface area contributed by atoms with Crippen molar-refractivity contribution in [2.75, 3.05) is 0 Å². The van der Waals surface area contributed by atoms with E-state index in [1.807, 2.05) is 0 Å². The average Bonchev–Trinajstić information content (AvgIpc) is 2.82. The Balaban J connectivity index is 1.69. The molecular formula is C25H28F3N3O4S. The first kappa shape index (κ1) is 27.6. The van der Waals surface area contributed by atoms with Crippen LogP contribution in [0.2, 0.25) is 0 Å². The summed E-state index contributed by atoms with van der Waals surface area (Å²) in [5.41, 5.74) is -3.01. The molecule has 11 heteroatoms. The number of rotatable bonds is 7. The molecule has 3 N–H and O–H groups in total. The van der Waals surface area contributed by atoms with Crippen molar-refractivity contribution in [2.45, 2.75) is 68.3 Å². The first-order valence-electron chi connectivity index (χ1n) is 11.4. The molecule has 0 aromatic heterocycles. The number of halogens is 3. The number of carbonyl (C=O) groups is 1. The third-order valence-corrected chi connectivity index (χ3v) is 7.95. The molecule has 2 aromatic carbocycles. The van der Waals surface area contributed by atoms with Crippen molar-refractivity contribution in [3.63, 3.8) is 0 Å². The fourth-order valence-corrected chi connectivity index (χ4v) is 5.62. The number of benzene rings is 2. The second-order valence-corrected chi connectivity index (χ2v) is 11.3. The minimum atomic E-state index is -4.58. The minimum absolute atomic E-state index is 0.0723. The van der Waals surface area contributed by atoms with Gasteiger partial charge < -0.3 is 10.4 Å². The van der Waals surface area contributed by atoms with E-state index in [4.69, 9.17) is 0 Å². The molecule has 0 radical (unpaired) electrons. The molecule has 0 unspecified atom stereocenters. The quantitative estimate of drug-likeness (QED) is 0.506. The van der Waals surface area contributed by atoms with Crippen molar-refractivity contribution >= 4 is 15.9 Å². The van der Waals surface area contributed by atoms with Crippen molar-refractivity contribution in [1.29, 1.82) is 5.26 Å². The summed E-state index contributed by atoms with van der Waals surface area (Å²) in [5, 5.41) is 23.3. The number of nitrogens with zero attached hydrogens (tertiary/aromatic N) is 1. The number of amides is 1. The Bertz CT molecular complexity index is 1210. The van der Waals surface area contributed by atoms with E-state index in [9.17, 15) is 36.8 Å². The fraction of sp³-hybridized carbons (Fsp3) is 0.440. The Kier molecular flexibility index (Phi) is 7.83. The summed E-state index contributed by atoms with van der Waals surface area (Å²) in [7, 11) is -4.09. The molecule has 0 aliphatic heterocycles. The van der Waals surface area contributed by atoms with E-state index < -0.39 is 50.8 Å². The summed E-state index contributed by atoms with van der Waals surface area (Å²) < 4.78 is 66.1. The van der Waals surface area contributed by atoms with E-state index >= 15 is 0 Å². The van der Waals surface area contributed by atoms with Crippen molar-refractivity contribution < 1.29 is 31.5 Å². The van der Waals surface area contributed by atoms with Gasteiger partial charge in [-0.05, 0) is 69.4 Å². The Morgan fingerprint density at radius 2 is 1.64 bits per heavy atom. The largest absolute Gasteiger partial charge is 0.416 e. The van der Waals surface area contributed by atoms with Gasteiger partial charge in [-0.25, -0.2) is 13.1 Å². The lowest BCUT2D eigenvalue weighted by Crippen LogP contribution is -2.50. The topological polar surface area (TPSA) is 119 Å². The zero-order chi connectivity index (χ0) is 26.8. The van der Waals surface area contributed by atoms with Crippen LogP contribution in [0.15, 0.2) is 59.5 Å². The van der Waals surface area contributed by atoms with Gasteiger partial charge in [-0.3, -0.25) is 4.79 Å². The Hall–Kier alpha value is -2.94. The van der Waals surface area contributed by atoms with E-state index in [-0.39, 0.29) is 30.6 Å². The van der Waals surface area contributed by atoms with Crippen LogP contribution >= 0.6 is 0 Å². The lowest BCUT2D eigenvalue weighted by molar-refractivity contribution is -0.137. The number of hydrogen-bond donors (Lipinski definition) is 3. The van der Waals surface area contributed by atoms with Crippen LogP contribution in [0.3, 0.4) is 0 Å². The molecule has 3 rings (SSSR count). The summed E-state index contributed by atoms with van der Waals surface area (Å²) in [5.74, 6) is -0.551. The third kappa shape index (κ3) is 6.24. The maximum atomic E-state index is 13.2. The number of carbonyl (C=O) groups excluding carboxylic acids is 1. The van der Waals surface area contributed by atoms with E-state index in [0.717, 1.165) is 12.1 Å². The molecule has 7 nitrogen and oxygen atoms in total. The van der Waals surface area contributed by atoms with E-state index in [2.05, 4.69) is 16.1 Å². The Morgan fingerprint density at radius 1 is 1.08 bits per heavy atom. The molecule has 1 saturated carbocycles. The second kappa shape index (κ2) is 10.2. The summed E-state index contributed by atoms with van der Waals surface area (Å²) in [6.45, 7) is 3.11. The molecule has 0 heterocycles. The van der Waals surface area contributed by atoms with Gasteiger partial charge in [0.15, 0.2) is 0 Å². The summed E-state index contributed by atoms with van der Waals surface area (Å²) in [6, 6.07) is 12.8. The average molecular weight is 524 g/mol. The molecule has 1 aliphatic carbocycles. The van der Waals surface area contributed by atoms with Crippen LogP contribution in [-0.2, 0) is 21.0 Å². The lowest BCUT2D eigenvalue weighted by atomic mass is 9.72. The highest BCUT2D eigenvalue weighted by atomic mass is 32.2. The Morgan fingerprint density at radius 3 is 2.11 bits per heavy atom. The van der Waals surface area contributed by atoms with Crippen LogP contribution in [0.4, 0.5) is 13.2 Å². The van der Waals surface area contributed by atoms with Gasteiger partial charge in [-0.1, -0.05) is 30.3 Å². The molecule has 36 heavy (non-hydrogen) atoms. The maximum absolute atomic E-state index is 13.2. The SMILES string of the molecule is CC(C)(O)[C@@H](NC(=O)C1(C#N)CCC(NS(=O)(=O)c2ccc(C(F)(F)F)cc2)CC1)c1ccccc1. The van der Waals surface area contributed by atoms with Crippen molar-refractivity contribution in [3.8, 4) is 6.07 Å². The zero-order valence-corrected chi connectivity index (χ0v) is 20.7. The van der Waals surface area contributed by atoms with Crippen molar-refractivity contribution in [1.82, 2.24) is 10.0 Å². The van der Waals surface area contributed by atoms with E-state index in [0.29, 0.717) is 17.7 Å². The highest BCUT2D eigenvalue weighted by Crippen LogP contribution is 2.38. The van der Waals surface area contributed by atoms with E-state index in [1.54, 1.807) is 44.2 Å². The second-order valence-electron chi connectivity index (χ2n) is 9.58.